The predicted octanol–water partition coefficient (Wildman–Crippen LogP) is 5.18. The van der Waals surface area contributed by atoms with Crippen molar-refractivity contribution in [1.82, 2.24) is 0 Å². The molecule has 1 rings (SSSR count). The minimum absolute atomic E-state index is 0.0495. The first-order valence-electron chi connectivity index (χ1n) is 7.65. The van der Waals surface area contributed by atoms with Gasteiger partial charge in [-0.1, -0.05) is 56.3 Å². The molecule has 0 fully saturated rings. The average molecular weight is 291 g/mol. The van der Waals surface area contributed by atoms with Crippen LogP contribution < -0.4 is 0 Å². The van der Waals surface area contributed by atoms with E-state index in [1.165, 1.54) is 5.56 Å². The molecular formula is C18H30OSi. The SMILES string of the molecule is C/C=C/[C@H](CCc1ccccc1)CC(C)(C)[Si](C)(C)O. The number of hydrogen-bond acceptors (Lipinski definition) is 1. The van der Waals surface area contributed by atoms with Crippen molar-refractivity contribution >= 4 is 8.32 Å². The fraction of sp³-hybridized carbons (Fsp3) is 0.556. The quantitative estimate of drug-likeness (QED) is 0.542. The Bertz CT molecular complexity index is 415. The second kappa shape index (κ2) is 7.23. The fourth-order valence-corrected chi connectivity index (χ4v) is 3.20. The molecule has 0 aliphatic carbocycles. The number of benzene rings is 1. The summed E-state index contributed by atoms with van der Waals surface area (Å²) in [5.74, 6) is 0.550. The summed E-state index contributed by atoms with van der Waals surface area (Å²) in [4.78, 5) is 10.5. The standard InChI is InChI=1S/C18H30OSi/c1-6-10-17(15-18(2,3)20(4,5)19)14-13-16-11-8-7-9-12-16/h6-12,17,19H,13-15H2,1-5H3/b10-6+/t17-/m1/s1. The van der Waals surface area contributed by atoms with Gasteiger partial charge in [-0.05, 0) is 55.8 Å². The zero-order valence-corrected chi connectivity index (χ0v) is 14.7. The molecule has 0 spiro atoms. The largest absolute Gasteiger partial charge is 0.432 e. The first kappa shape index (κ1) is 17.2. The van der Waals surface area contributed by atoms with Gasteiger partial charge in [0.1, 0.15) is 0 Å². The molecule has 112 valence electrons. The molecule has 1 atom stereocenters. The minimum atomic E-state index is -2.12. The highest BCUT2D eigenvalue weighted by molar-refractivity contribution is 6.72. The van der Waals surface area contributed by atoms with Gasteiger partial charge in [-0.3, -0.25) is 0 Å². The minimum Gasteiger partial charge on any atom is -0.432 e. The molecule has 0 amide bonds. The maximum Gasteiger partial charge on any atom is 0.188 e. The highest BCUT2D eigenvalue weighted by Crippen LogP contribution is 2.42. The third-order valence-corrected chi connectivity index (χ3v) is 8.06. The van der Waals surface area contributed by atoms with Crippen LogP contribution in [0.3, 0.4) is 0 Å². The average Bonchev–Trinajstić information content (AvgIpc) is 2.36. The molecule has 1 aromatic rings. The zero-order chi connectivity index (χ0) is 15.2. The second-order valence-electron chi connectivity index (χ2n) is 6.96. The summed E-state index contributed by atoms with van der Waals surface area (Å²) in [5, 5.41) is 0.0495. The van der Waals surface area contributed by atoms with Crippen LogP contribution in [-0.2, 0) is 6.42 Å². The summed E-state index contributed by atoms with van der Waals surface area (Å²) < 4.78 is 0. The Kier molecular flexibility index (Phi) is 6.22. The van der Waals surface area contributed by atoms with Crippen LogP contribution in [0.2, 0.25) is 18.1 Å². The topological polar surface area (TPSA) is 20.2 Å². The molecule has 1 nitrogen and oxygen atoms in total. The Morgan fingerprint density at radius 3 is 2.30 bits per heavy atom. The van der Waals surface area contributed by atoms with Crippen LogP contribution in [-0.4, -0.2) is 13.1 Å². The van der Waals surface area contributed by atoms with E-state index in [0.29, 0.717) is 5.92 Å². The van der Waals surface area contributed by atoms with Gasteiger partial charge in [-0.2, -0.15) is 0 Å². The van der Waals surface area contributed by atoms with E-state index < -0.39 is 8.32 Å². The lowest BCUT2D eigenvalue weighted by Crippen LogP contribution is -2.40. The highest BCUT2D eigenvalue weighted by Gasteiger charge is 2.38. The van der Waals surface area contributed by atoms with Gasteiger partial charge < -0.3 is 4.80 Å². The maximum absolute atomic E-state index is 10.5. The summed E-state index contributed by atoms with van der Waals surface area (Å²) in [6.07, 6.45) is 7.80. The van der Waals surface area contributed by atoms with Crippen LogP contribution in [0.25, 0.3) is 0 Å². The molecule has 20 heavy (non-hydrogen) atoms. The van der Waals surface area contributed by atoms with E-state index in [1.807, 2.05) is 0 Å². The Labute approximate surface area is 125 Å². The van der Waals surface area contributed by atoms with Crippen molar-refractivity contribution < 1.29 is 4.80 Å². The van der Waals surface area contributed by atoms with Crippen molar-refractivity contribution in [3.8, 4) is 0 Å². The smallest absolute Gasteiger partial charge is 0.188 e. The van der Waals surface area contributed by atoms with Gasteiger partial charge in [0, 0.05) is 0 Å². The van der Waals surface area contributed by atoms with E-state index in [1.54, 1.807) is 0 Å². The van der Waals surface area contributed by atoms with E-state index in [0.717, 1.165) is 19.3 Å². The lowest BCUT2D eigenvalue weighted by Gasteiger charge is -2.37. The van der Waals surface area contributed by atoms with Crippen molar-refractivity contribution in [2.45, 2.75) is 58.2 Å². The Morgan fingerprint density at radius 2 is 1.80 bits per heavy atom. The molecule has 2 heteroatoms. The normalized spacial score (nSPS) is 14.7. The monoisotopic (exact) mass is 290 g/mol. The van der Waals surface area contributed by atoms with Gasteiger partial charge in [-0.15, -0.1) is 0 Å². The zero-order valence-electron chi connectivity index (χ0n) is 13.7. The summed E-state index contributed by atoms with van der Waals surface area (Å²) in [6.45, 7) is 10.6. The van der Waals surface area contributed by atoms with Crippen molar-refractivity contribution in [2.75, 3.05) is 0 Å². The molecular weight excluding hydrogens is 260 g/mol. The van der Waals surface area contributed by atoms with E-state index in [4.69, 9.17) is 0 Å². The van der Waals surface area contributed by atoms with Crippen molar-refractivity contribution in [1.29, 1.82) is 0 Å². The fourth-order valence-electron chi connectivity index (χ4n) is 2.44. The van der Waals surface area contributed by atoms with Crippen LogP contribution in [0.1, 0.15) is 39.2 Å². The van der Waals surface area contributed by atoms with Gasteiger partial charge in [-0.25, -0.2) is 0 Å². The molecule has 0 aliphatic rings. The molecule has 1 aromatic carbocycles. The van der Waals surface area contributed by atoms with Crippen molar-refractivity contribution in [2.24, 2.45) is 5.92 Å². The first-order valence-corrected chi connectivity index (χ1v) is 10.6. The molecule has 0 bridgehead atoms. The first-order chi connectivity index (χ1) is 9.26. The van der Waals surface area contributed by atoms with Crippen molar-refractivity contribution in [3.63, 3.8) is 0 Å². The predicted molar refractivity (Wildman–Crippen MR) is 91.4 cm³/mol. The molecule has 0 unspecified atom stereocenters. The Balaban J connectivity index is 2.66. The Morgan fingerprint density at radius 1 is 1.20 bits per heavy atom. The molecule has 1 N–H and O–H groups in total. The maximum atomic E-state index is 10.5. The van der Waals surface area contributed by atoms with Crippen LogP contribution in [0.4, 0.5) is 0 Å². The summed E-state index contributed by atoms with van der Waals surface area (Å²) in [5.41, 5.74) is 1.40. The molecule has 0 aliphatic heterocycles. The molecule has 0 saturated carbocycles. The Hall–Kier alpha value is -0.863. The van der Waals surface area contributed by atoms with Crippen LogP contribution in [0, 0.1) is 5.92 Å². The molecule has 0 aromatic heterocycles. The van der Waals surface area contributed by atoms with E-state index >= 15 is 0 Å². The van der Waals surface area contributed by atoms with Crippen LogP contribution >= 0.6 is 0 Å². The van der Waals surface area contributed by atoms with Crippen molar-refractivity contribution in [3.05, 3.63) is 48.0 Å². The van der Waals surface area contributed by atoms with Gasteiger partial charge in [0.15, 0.2) is 8.32 Å². The summed E-state index contributed by atoms with van der Waals surface area (Å²) in [7, 11) is -2.12. The third-order valence-electron chi connectivity index (χ3n) is 4.54. The second-order valence-corrected chi connectivity index (χ2v) is 11.4. The number of hydrogen-bond donors (Lipinski definition) is 1. The number of aryl methyl sites for hydroxylation is 1. The summed E-state index contributed by atoms with van der Waals surface area (Å²) >= 11 is 0. The third kappa shape index (κ3) is 5.26. The highest BCUT2D eigenvalue weighted by atomic mass is 28.4. The van der Waals surface area contributed by atoms with Gasteiger partial charge in [0.05, 0.1) is 0 Å². The van der Waals surface area contributed by atoms with E-state index in [9.17, 15) is 4.80 Å². The molecule has 0 radical (unpaired) electrons. The summed E-state index contributed by atoms with van der Waals surface area (Å²) in [6, 6.07) is 10.7. The number of allylic oxidation sites excluding steroid dienone is 2. The van der Waals surface area contributed by atoms with E-state index in [2.05, 4.69) is 76.3 Å². The van der Waals surface area contributed by atoms with Crippen LogP contribution in [0.15, 0.2) is 42.5 Å². The molecule has 0 heterocycles. The lowest BCUT2D eigenvalue weighted by molar-refractivity contribution is 0.399. The van der Waals surface area contributed by atoms with Crippen LogP contribution in [0.5, 0.6) is 0 Å². The lowest BCUT2D eigenvalue weighted by atomic mass is 9.90. The molecule has 0 saturated heterocycles. The number of rotatable bonds is 7. The van der Waals surface area contributed by atoms with E-state index in [-0.39, 0.29) is 5.04 Å². The van der Waals surface area contributed by atoms with Gasteiger partial charge in [0.2, 0.25) is 0 Å². The van der Waals surface area contributed by atoms with Gasteiger partial charge >= 0.3 is 0 Å². The van der Waals surface area contributed by atoms with Gasteiger partial charge in [0.25, 0.3) is 0 Å².